The number of Topliss-reactive ketones (excluding diaryl/α,β-unsaturated/α-hetero) is 1. The molecule has 2 aliphatic rings. The van der Waals surface area contributed by atoms with E-state index in [1.165, 1.54) is 35.5 Å². The molecule has 202 valence electrons. The van der Waals surface area contributed by atoms with Gasteiger partial charge in [0.1, 0.15) is 11.5 Å². The number of aromatic hydroxyl groups is 1. The number of benzene rings is 3. The predicted molar refractivity (Wildman–Crippen MR) is 139 cm³/mol. The summed E-state index contributed by atoms with van der Waals surface area (Å²) in [7, 11) is 7.33. The van der Waals surface area contributed by atoms with Crippen molar-refractivity contribution in [1.82, 2.24) is 0 Å². The molecular weight excluding hydrogens is 508 g/mol. The fourth-order valence-electron chi connectivity index (χ4n) is 4.89. The summed E-state index contributed by atoms with van der Waals surface area (Å²) < 4.78 is 38.6. The molecule has 0 saturated heterocycles. The van der Waals surface area contributed by atoms with E-state index in [9.17, 15) is 14.7 Å². The number of hydrogen-bond donors (Lipinski definition) is 1. The molecule has 0 radical (unpaired) electrons. The zero-order valence-electron chi connectivity index (χ0n) is 21.9. The van der Waals surface area contributed by atoms with Gasteiger partial charge in [0.15, 0.2) is 28.8 Å². The third-order valence-electron chi connectivity index (χ3n) is 6.71. The van der Waals surface area contributed by atoms with E-state index in [1.54, 1.807) is 42.5 Å². The van der Waals surface area contributed by atoms with Crippen molar-refractivity contribution in [3.63, 3.8) is 0 Å². The molecule has 3 aromatic carbocycles. The fraction of sp³-hybridized carbons (Fsp3) is 0.241. The molecule has 0 unspecified atom stereocenters. The fourth-order valence-corrected chi connectivity index (χ4v) is 4.89. The maximum Gasteiger partial charge on any atom is 0.312 e. The van der Waals surface area contributed by atoms with Crippen molar-refractivity contribution in [2.24, 2.45) is 0 Å². The van der Waals surface area contributed by atoms with E-state index in [4.69, 9.17) is 33.2 Å². The van der Waals surface area contributed by atoms with Gasteiger partial charge in [-0.15, -0.1) is 0 Å². The van der Waals surface area contributed by atoms with Crippen molar-refractivity contribution in [3.8, 4) is 46.0 Å². The van der Waals surface area contributed by atoms with Gasteiger partial charge in [-0.3, -0.25) is 9.59 Å². The van der Waals surface area contributed by atoms with Gasteiger partial charge in [-0.1, -0.05) is 0 Å². The SMILES string of the molecule is COc1cc([C@@H]2CC(=O)Oc3ccc4c(c32)O/C(=C/c2ccc(OC)c(OC)c2OC)C4=O)cc(OC)c1O. The Kier molecular flexibility index (Phi) is 6.69. The number of phenols is 1. The summed E-state index contributed by atoms with van der Waals surface area (Å²) in [5.74, 6) is 0.651. The number of carbonyl (C=O) groups excluding carboxylic acids is 2. The van der Waals surface area contributed by atoms with Crippen molar-refractivity contribution in [2.45, 2.75) is 12.3 Å². The third kappa shape index (κ3) is 4.23. The van der Waals surface area contributed by atoms with Crippen molar-refractivity contribution in [1.29, 1.82) is 0 Å². The molecule has 0 spiro atoms. The second-order valence-corrected chi connectivity index (χ2v) is 8.72. The lowest BCUT2D eigenvalue weighted by molar-refractivity contribution is -0.135. The zero-order valence-corrected chi connectivity index (χ0v) is 21.9. The Morgan fingerprint density at radius 1 is 0.821 bits per heavy atom. The van der Waals surface area contributed by atoms with Crippen molar-refractivity contribution in [2.75, 3.05) is 35.5 Å². The van der Waals surface area contributed by atoms with Crippen LogP contribution < -0.4 is 33.2 Å². The standard InChI is InChI=1S/C29H26O10/c1-33-19-8-6-14(27(36-4)29(19)37-5)10-22-25(31)16-7-9-18-24(28(16)39-22)17(13-23(30)38-18)15-11-20(34-2)26(32)21(12-15)35-3/h6-12,17,32H,13H2,1-5H3/b22-10+/t17-/m0/s1. The summed E-state index contributed by atoms with van der Waals surface area (Å²) in [6, 6.07) is 9.80. The normalized spacial score (nSPS) is 16.6. The first-order chi connectivity index (χ1) is 18.8. The van der Waals surface area contributed by atoms with Crippen molar-refractivity contribution in [3.05, 3.63) is 64.4 Å². The first kappa shape index (κ1) is 25.8. The highest BCUT2D eigenvalue weighted by Gasteiger charge is 2.39. The van der Waals surface area contributed by atoms with E-state index in [0.29, 0.717) is 39.5 Å². The number of methoxy groups -OCH3 is 5. The van der Waals surface area contributed by atoms with Crippen LogP contribution in [0, 0.1) is 0 Å². The second kappa shape index (κ2) is 10.1. The van der Waals surface area contributed by atoms with Crippen LogP contribution in [0.2, 0.25) is 0 Å². The van der Waals surface area contributed by atoms with E-state index in [1.807, 2.05) is 0 Å². The Labute approximate surface area is 224 Å². The Hall–Kier alpha value is -4.86. The van der Waals surface area contributed by atoms with Gasteiger partial charge in [0.25, 0.3) is 0 Å². The van der Waals surface area contributed by atoms with Crippen LogP contribution in [-0.2, 0) is 4.79 Å². The van der Waals surface area contributed by atoms with E-state index in [2.05, 4.69) is 0 Å². The minimum atomic E-state index is -0.567. The molecule has 1 atom stereocenters. The van der Waals surface area contributed by atoms with Crippen LogP contribution in [0.1, 0.15) is 39.4 Å². The molecule has 0 fully saturated rings. The summed E-state index contributed by atoms with van der Waals surface area (Å²) in [6.45, 7) is 0. The molecule has 10 nitrogen and oxygen atoms in total. The lowest BCUT2D eigenvalue weighted by Crippen LogP contribution is -2.21. The maximum atomic E-state index is 13.4. The Balaban J connectivity index is 1.63. The average Bonchev–Trinajstić information content (AvgIpc) is 3.26. The Morgan fingerprint density at radius 3 is 2.10 bits per heavy atom. The molecule has 3 aromatic rings. The van der Waals surface area contributed by atoms with Gasteiger partial charge < -0.3 is 38.3 Å². The van der Waals surface area contributed by atoms with E-state index < -0.39 is 11.9 Å². The van der Waals surface area contributed by atoms with Crippen LogP contribution in [0.4, 0.5) is 0 Å². The average molecular weight is 535 g/mol. The summed E-state index contributed by atoms with van der Waals surface area (Å²) in [4.78, 5) is 26.0. The molecule has 0 saturated carbocycles. The number of carbonyl (C=O) groups is 2. The molecule has 0 aromatic heterocycles. The number of allylic oxidation sites excluding steroid dienone is 1. The number of rotatable bonds is 7. The summed E-state index contributed by atoms with van der Waals surface area (Å²) in [5, 5.41) is 10.4. The summed E-state index contributed by atoms with van der Waals surface area (Å²) in [5.41, 5.74) is 2.00. The molecule has 0 aliphatic carbocycles. The number of ether oxygens (including phenoxy) is 7. The lowest BCUT2D eigenvalue weighted by Gasteiger charge is -2.27. The lowest BCUT2D eigenvalue weighted by atomic mass is 9.84. The quantitative estimate of drug-likeness (QED) is 0.264. The van der Waals surface area contributed by atoms with Gasteiger partial charge in [-0.25, -0.2) is 0 Å². The molecule has 0 amide bonds. The van der Waals surface area contributed by atoms with Gasteiger partial charge in [0.05, 0.1) is 47.5 Å². The van der Waals surface area contributed by atoms with Crippen LogP contribution in [0.15, 0.2) is 42.2 Å². The first-order valence-corrected chi connectivity index (χ1v) is 11.9. The van der Waals surface area contributed by atoms with E-state index in [-0.39, 0.29) is 46.7 Å². The molecule has 1 N–H and O–H groups in total. The first-order valence-electron chi connectivity index (χ1n) is 11.9. The minimum Gasteiger partial charge on any atom is -0.502 e. The molecule has 2 aliphatic heterocycles. The third-order valence-corrected chi connectivity index (χ3v) is 6.71. The number of fused-ring (bicyclic) bond motifs is 3. The van der Waals surface area contributed by atoms with Gasteiger partial charge in [0, 0.05) is 17.0 Å². The number of esters is 1. The van der Waals surface area contributed by atoms with Crippen LogP contribution in [-0.4, -0.2) is 52.4 Å². The number of ketones is 1. The van der Waals surface area contributed by atoms with Crippen molar-refractivity contribution >= 4 is 17.8 Å². The summed E-state index contributed by atoms with van der Waals surface area (Å²) >= 11 is 0. The van der Waals surface area contributed by atoms with E-state index >= 15 is 0 Å². The highest BCUT2D eigenvalue weighted by atomic mass is 16.5. The second-order valence-electron chi connectivity index (χ2n) is 8.72. The van der Waals surface area contributed by atoms with Crippen LogP contribution in [0.25, 0.3) is 6.08 Å². The molecule has 5 rings (SSSR count). The molecular formula is C29H26O10. The Bertz CT molecular complexity index is 1500. The maximum absolute atomic E-state index is 13.4. The topological polar surface area (TPSA) is 119 Å². The molecule has 0 bridgehead atoms. The summed E-state index contributed by atoms with van der Waals surface area (Å²) in [6.07, 6.45) is 1.53. The van der Waals surface area contributed by atoms with Crippen LogP contribution >= 0.6 is 0 Å². The van der Waals surface area contributed by atoms with Gasteiger partial charge in [-0.05, 0) is 48.0 Å². The smallest absolute Gasteiger partial charge is 0.312 e. The molecule has 10 heteroatoms. The van der Waals surface area contributed by atoms with Crippen LogP contribution in [0.5, 0.6) is 46.0 Å². The highest BCUT2D eigenvalue weighted by Crippen LogP contribution is 2.51. The minimum absolute atomic E-state index is 0.0271. The number of phenolic OH excluding ortho intramolecular Hbond substituents is 1. The van der Waals surface area contributed by atoms with Crippen molar-refractivity contribution < 1.29 is 47.9 Å². The number of hydrogen-bond acceptors (Lipinski definition) is 10. The predicted octanol–water partition coefficient (Wildman–Crippen LogP) is 4.49. The monoisotopic (exact) mass is 534 g/mol. The largest absolute Gasteiger partial charge is 0.502 e. The van der Waals surface area contributed by atoms with Gasteiger partial charge >= 0.3 is 5.97 Å². The Morgan fingerprint density at radius 2 is 1.49 bits per heavy atom. The van der Waals surface area contributed by atoms with E-state index in [0.717, 1.165) is 0 Å². The van der Waals surface area contributed by atoms with Crippen LogP contribution in [0.3, 0.4) is 0 Å². The van der Waals surface area contributed by atoms with Gasteiger partial charge in [-0.2, -0.15) is 0 Å². The highest BCUT2D eigenvalue weighted by molar-refractivity contribution is 6.15. The molecule has 2 heterocycles. The zero-order chi connectivity index (χ0) is 27.8. The van der Waals surface area contributed by atoms with Gasteiger partial charge in [0.2, 0.25) is 17.3 Å². The molecule has 39 heavy (non-hydrogen) atoms.